The Labute approximate surface area is 104 Å². The molecule has 0 saturated heterocycles. The largest absolute Gasteiger partial charge is 0.481 e. The third kappa shape index (κ3) is 4.81. The second-order valence-corrected chi connectivity index (χ2v) is 3.58. The fourth-order valence-corrected chi connectivity index (χ4v) is 1.15. The van der Waals surface area contributed by atoms with Crippen molar-refractivity contribution in [1.82, 2.24) is 10.2 Å². The van der Waals surface area contributed by atoms with Crippen LogP contribution in [0.4, 0.5) is 4.79 Å². The number of carbonyl (C=O) groups is 4. The molecular weight excluding hydrogens is 244 g/mol. The topological polar surface area (TPSA) is 124 Å². The summed E-state index contributed by atoms with van der Waals surface area (Å²) in [6.45, 7) is 3.18. The molecule has 0 spiro atoms. The van der Waals surface area contributed by atoms with Crippen LogP contribution in [0.25, 0.3) is 0 Å². The number of imide groups is 1. The smallest absolute Gasteiger partial charge is 0.326 e. The van der Waals surface area contributed by atoms with Gasteiger partial charge in [-0.15, -0.1) is 0 Å². The number of aliphatic carboxylic acids is 2. The van der Waals surface area contributed by atoms with Crippen LogP contribution in [0.1, 0.15) is 26.7 Å². The zero-order chi connectivity index (χ0) is 14.3. The van der Waals surface area contributed by atoms with Crippen LogP contribution in [-0.2, 0) is 14.4 Å². The molecule has 102 valence electrons. The molecule has 0 saturated carbocycles. The summed E-state index contributed by atoms with van der Waals surface area (Å²) in [7, 11) is 0. The van der Waals surface area contributed by atoms with Crippen molar-refractivity contribution >= 4 is 23.9 Å². The molecule has 3 N–H and O–H groups in total. The number of amides is 3. The Morgan fingerprint density at radius 3 is 2.17 bits per heavy atom. The number of hydrogen-bond acceptors (Lipinski definition) is 4. The van der Waals surface area contributed by atoms with Crippen molar-refractivity contribution in [3.05, 3.63) is 0 Å². The van der Waals surface area contributed by atoms with Crippen molar-refractivity contribution in [2.75, 3.05) is 6.54 Å². The monoisotopic (exact) mass is 260 g/mol. The molecule has 0 aromatic carbocycles. The second-order valence-electron chi connectivity index (χ2n) is 3.58. The number of nitrogens with one attached hydrogen (secondary N) is 1. The van der Waals surface area contributed by atoms with E-state index in [9.17, 15) is 19.2 Å². The lowest BCUT2D eigenvalue weighted by Crippen LogP contribution is -2.52. The summed E-state index contributed by atoms with van der Waals surface area (Å²) in [6, 6.07) is -2.33. The Morgan fingerprint density at radius 1 is 1.22 bits per heavy atom. The molecule has 0 aliphatic rings. The molecule has 0 aromatic rings. The van der Waals surface area contributed by atoms with Crippen molar-refractivity contribution in [3.8, 4) is 0 Å². The Morgan fingerprint density at radius 2 is 1.78 bits per heavy atom. The SMILES string of the molecule is CCCNC(=O)N(C(=O)CC(=O)O)[C@@H](C)C(=O)O. The first-order valence-corrected chi connectivity index (χ1v) is 5.35. The quantitative estimate of drug-likeness (QED) is 0.572. The molecule has 0 rings (SSSR count). The standard InChI is InChI=1S/C10H16N2O6/c1-3-4-11-10(18)12(6(2)9(16)17)7(13)5-8(14)15/h6H,3-5H2,1-2H3,(H,11,18)(H,14,15)(H,16,17)/t6-/m0/s1. The van der Waals surface area contributed by atoms with Crippen molar-refractivity contribution in [3.63, 3.8) is 0 Å². The lowest BCUT2D eigenvalue weighted by atomic mass is 10.2. The van der Waals surface area contributed by atoms with Gasteiger partial charge in [-0.25, -0.2) is 14.5 Å². The Bertz CT molecular complexity index is 354. The van der Waals surface area contributed by atoms with Crippen molar-refractivity contribution in [1.29, 1.82) is 0 Å². The summed E-state index contributed by atoms with van der Waals surface area (Å²) in [5.74, 6) is -3.88. The van der Waals surface area contributed by atoms with Gasteiger partial charge in [0.15, 0.2) is 0 Å². The zero-order valence-corrected chi connectivity index (χ0v) is 10.2. The van der Waals surface area contributed by atoms with Crippen LogP contribution in [0.15, 0.2) is 0 Å². The van der Waals surface area contributed by atoms with Gasteiger partial charge >= 0.3 is 18.0 Å². The van der Waals surface area contributed by atoms with Gasteiger partial charge in [-0.3, -0.25) is 9.59 Å². The van der Waals surface area contributed by atoms with Gasteiger partial charge in [0.05, 0.1) is 0 Å². The van der Waals surface area contributed by atoms with E-state index in [4.69, 9.17) is 10.2 Å². The highest BCUT2D eigenvalue weighted by Gasteiger charge is 2.32. The van der Waals surface area contributed by atoms with Crippen molar-refractivity contribution < 1.29 is 29.4 Å². The van der Waals surface area contributed by atoms with Crippen LogP contribution in [0.2, 0.25) is 0 Å². The maximum Gasteiger partial charge on any atom is 0.326 e. The zero-order valence-electron chi connectivity index (χ0n) is 10.2. The van der Waals surface area contributed by atoms with Crippen LogP contribution in [0.3, 0.4) is 0 Å². The molecule has 8 nitrogen and oxygen atoms in total. The van der Waals surface area contributed by atoms with Gasteiger partial charge < -0.3 is 15.5 Å². The number of carboxylic acids is 2. The number of urea groups is 1. The third-order valence-electron chi connectivity index (χ3n) is 2.06. The number of rotatable bonds is 6. The molecule has 3 amide bonds. The fraction of sp³-hybridized carbons (Fsp3) is 0.600. The van der Waals surface area contributed by atoms with Gasteiger partial charge in [-0.1, -0.05) is 6.92 Å². The molecule has 0 heterocycles. The average Bonchev–Trinajstić information content (AvgIpc) is 2.25. The van der Waals surface area contributed by atoms with Gasteiger partial charge in [-0.2, -0.15) is 0 Å². The lowest BCUT2D eigenvalue weighted by molar-refractivity contribution is -0.150. The second kappa shape index (κ2) is 7.25. The first kappa shape index (κ1) is 15.9. The summed E-state index contributed by atoms with van der Waals surface area (Å²) in [4.78, 5) is 44.7. The first-order chi connectivity index (χ1) is 8.31. The van der Waals surface area contributed by atoms with E-state index in [1.165, 1.54) is 0 Å². The molecule has 8 heteroatoms. The van der Waals surface area contributed by atoms with Crippen LogP contribution < -0.4 is 5.32 Å². The third-order valence-corrected chi connectivity index (χ3v) is 2.06. The van der Waals surface area contributed by atoms with E-state index in [1.54, 1.807) is 6.92 Å². The number of nitrogens with zero attached hydrogens (tertiary/aromatic N) is 1. The maximum atomic E-state index is 11.6. The van der Waals surface area contributed by atoms with Gasteiger partial charge in [0.1, 0.15) is 12.5 Å². The van der Waals surface area contributed by atoms with Crippen LogP contribution in [0, 0.1) is 0 Å². The highest BCUT2D eigenvalue weighted by atomic mass is 16.4. The molecule has 1 atom stereocenters. The Hall–Kier alpha value is -2.12. The van der Waals surface area contributed by atoms with E-state index in [0.717, 1.165) is 6.92 Å². The molecule has 0 aliphatic carbocycles. The minimum Gasteiger partial charge on any atom is -0.481 e. The van der Waals surface area contributed by atoms with Gasteiger partial charge in [0, 0.05) is 6.54 Å². The molecule has 0 aromatic heterocycles. The first-order valence-electron chi connectivity index (χ1n) is 5.35. The number of carbonyl (C=O) groups excluding carboxylic acids is 2. The van der Waals surface area contributed by atoms with Gasteiger partial charge in [0.2, 0.25) is 5.91 Å². The van der Waals surface area contributed by atoms with E-state index >= 15 is 0 Å². The van der Waals surface area contributed by atoms with Crippen molar-refractivity contribution in [2.24, 2.45) is 0 Å². The normalized spacial score (nSPS) is 11.4. The van der Waals surface area contributed by atoms with Crippen molar-refractivity contribution in [2.45, 2.75) is 32.7 Å². The molecule has 0 bridgehead atoms. The van der Waals surface area contributed by atoms with Gasteiger partial charge in [0.25, 0.3) is 0 Å². The van der Waals surface area contributed by atoms with E-state index in [1.807, 2.05) is 0 Å². The highest BCUT2D eigenvalue weighted by Crippen LogP contribution is 2.04. The predicted molar refractivity (Wildman–Crippen MR) is 59.9 cm³/mol. The number of carboxylic acid groups (broad SMARTS) is 2. The molecular formula is C10H16N2O6. The molecule has 0 aliphatic heterocycles. The average molecular weight is 260 g/mol. The number of hydrogen-bond donors (Lipinski definition) is 3. The molecule has 0 radical (unpaired) electrons. The Kier molecular flexibility index (Phi) is 6.40. The minimum atomic E-state index is -1.43. The summed E-state index contributed by atoms with van der Waals surface area (Å²) in [5, 5.41) is 19.6. The minimum absolute atomic E-state index is 0.266. The predicted octanol–water partition coefficient (Wildman–Crippen LogP) is -0.118. The van der Waals surface area contributed by atoms with E-state index in [2.05, 4.69) is 5.32 Å². The Balaban J connectivity index is 4.92. The fourth-order valence-electron chi connectivity index (χ4n) is 1.15. The van der Waals surface area contributed by atoms with E-state index < -0.39 is 36.3 Å². The maximum absolute atomic E-state index is 11.6. The van der Waals surface area contributed by atoms with E-state index in [0.29, 0.717) is 11.3 Å². The summed E-state index contributed by atoms with van der Waals surface area (Å²) >= 11 is 0. The molecule has 0 unspecified atom stereocenters. The van der Waals surface area contributed by atoms with Crippen LogP contribution in [0.5, 0.6) is 0 Å². The summed E-state index contributed by atoms with van der Waals surface area (Å²) in [6.07, 6.45) is -0.328. The summed E-state index contributed by atoms with van der Waals surface area (Å²) < 4.78 is 0. The molecule has 0 fully saturated rings. The highest BCUT2D eigenvalue weighted by molar-refractivity contribution is 6.04. The van der Waals surface area contributed by atoms with Gasteiger partial charge in [-0.05, 0) is 13.3 Å². The van der Waals surface area contributed by atoms with Crippen LogP contribution >= 0.6 is 0 Å². The summed E-state index contributed by atoms with van der Waals surface area (Å²) in [5.41, 5.74) is 0. The lowest BCUT2D eigenvalue weighted by Gasteiger charge is -2.24. The molecule has 18 heavy (non-hydrogen) atoms. The van der Waals surface area contributed by atoms with E-state index in [-0.39, 0.29) is 6.54 Å². The van der Waals surface area contributed by atoms with Crippen LogP contribution in [-0.4, -0.2) is 51.6 Å².